The van der Waals surface area contributed by atoms with Gasteiger partial charge in [-0.05, 0) is 24.6 Å². The van der Waals surface area contributed by atoms with Crippen molar-refractivity contribution >= 4 is 12.2 Å². The normalized spacial score (nSPS) is 13.5. The molecule has 5 nitrogen and oxygen atoms in total. The molecule has 0 N–H and O–H groups in total. The van der Waals surface area contributed by atoms with Gasteiger partial charge >= 0.3 is 5.97 Å². The minimum absolute atomic E-state index is 0.227. The van der Waals surface area contributed by atoms with Gasteiger partial charge in [0.2, 0.25) is 0 Å². The van der Waals surface area contributed by atoms with E-state index in [-0.39, 0.29) is 6.61 Å². The van der Waals surface area contributed by atoms with E-state index in [4.69, 9.17) is 14.4 Å². The molecule has 5 heteroatoms. The number of nitrogens with zero attached hydrogens (tertiary/aromatic N) is 2. The number of hydrogen-bond donors (Lipinski definition) is 0. The average Bonchev–Trinajstić information content (AvgIpc) is 3.07. The SMILES string of the molecule is CCOC(=O)[C@H](C#N)C=N[C@@H](c1ccccc1)c1ccco1. The molecule has 0 spiro atoms. The highest BCUT2D eigenvalue weighted by Crippen LogP contribution is 2.26. The van der Waals surface area contributed by atoms with Gasteiger partial charge in [-0.1, -0.05) is 30.3 Å². The third-order valence-electron chi connectivity index (χ3n) is 2.99. The highest BCUT2D eigenvalue weighted by Gasteiger charge is 2.19. The predicted octanol–water partition coefficient (Wildman–Crippen LogP) is 3.14. The van der Waals surface area contributed by atoms with Crippen molar-refractivity contribution < 1.29 is 13.9 Å². The zero-order chi connectivity index (χ0) is 15.8. The topological polar surface area (TPSA) is 75.6 Å². The maximum Gasteiger partial charge on any atom is 0.328 e. The van der Waals surface area contributed by atoms with Gasteiger partial charge in [-0.15, -0.1) is 0 Å². The number of carbonyl (C=O) groups is 1. The highest BCUT2D eigenvalue weighted by molar-refractivity contribution is 5.93. The third-order valence-corrected chi connectivity index (χ3v) is 2.99. The zero-order valence-electron chi connectivity index (χ0n) is 12.2. The molecule has 0 saturated carbocycles. The molecule has 1 aromatic heterocycles. The number of rotatable bonds is 6. The number of benzene rings is 1. The second-order valence-corrected chi connectivity index (χ2v) is 4.49. The molecule has 0 bridgehead atoms. The van der Waals surface area contributed by atoms with E-state index in [1.54, 1.807) is 25.3 Å². The van der Waals surface area contributed by atoms with E-state index in [1.807, 2.05) is 36.4 Å². The van der Waals surface area contributed by atoms with E-state index < -0.39 is 17.9 Å². The van der Waals surface area contributed by atoms with Crippen LogP contribution in [0.25, 0.3) is 0 Å². The van der Waals surface area contributed by atoms with E-state index >= 15 is 0 Å². The van der Waals surface area contributed by atoms with Crippen molar-refractivity contribution in [1.82, 2.24) is 0 Å². The van der Waals surface area contributed by atoms with Crippen LogP contribution in [0.15, 0.2) is 58.1 Å². The van der Waals surface area contributed by atoms with E-state index in [0.717, 1.165) is 5.56 Å². The molecule has 2 rings (SSSR count). The Balaban J connectivity index is 2.26. The van der Waals surface area contributed by atoms with E-state index in [0.29, 0.717) is 5.76 Å². The molecule has 112 valence electrons. The minimum Gasteiger partial charge on any atom is -0.467 e. The first-order valence-corrected chi connectivity index (χ1v) is 6.94. The van der Waals surface area contributed by atoms with Crippen molar-refractivity contribution in [2.45, 2.75) is 13.0 Å². The lowest BCUT2D eigenvalue weighted by Gasteiger charge is -2.11. The van der Waals surface area contributed by atoms with E-state index in [2.05, 4.69) is 4.99 Å². The lowest BCUT2D eigenvalue weighted by atomic mass is 10.1. The average molecular weight is 296 g/mol. The number of carbonyl (C=O) groups excluding carboxylic acids is 1. The number of aliphatic imine (C=N–C) groups is 1. The summed E-state index contributed by atoms with van der Waals surface area (Å²) in [6.45, 7) is 1.92. The smallest absolute Gasteiger partial charge is 0.328 e. The predicted molar refractivity (Wildman–Crippen MR) is 81.2 cm³/mol. The Morgan fingerprint density at radius 3 is 2.73 bits per heavy atom. The van der Waals surface area contributed by atoms with Gasteiger partial charge in [0.05, 0.1) is 18.9 Å². The summed E-state index contributed by atoms with van der Waals surface area (Å²) in [5.41, 5.74) is 0.911. The molecule has 0 amide bonds. The fourth-order valence-electron chi connectivity index (χ4n) is 1.96. The zero-order valence-corrected chi connectivity index (χ0v) is 12.2. The lowest BCUT2D eigenvalue weighted by molar-refractivity contribution is -0.143. The van der Waals surface area contributed by atoms with Crippen molar-refractivity contribution in [3.8, 4) is 6.07 Å². The van der Waals surface area contributed by atoms with Crippen molar-refractivity contribution in [3.05, 3.63) is 60.1 Å². The Hall–Kier alpha value is -2.87. The molecule has 1 heterocycles. The van der Waals surface area contributed by atoms with Crippen LogP contribution in [-0.4, -0.2) is 18.8 Å². The summed E-state index contributed by atoms with van der Waals surface area (Å²) in [4.78, 5) is 16.0. The molecule has 0 unspecified atom stereocenters. The summed E-state index contributed by atoms with van der Waals surface area (Å²) in [5, 5.41) is 9.07. The second kappa shape index (κ2) is 7.79. The second-order valence-electron chi connectivity index (χ2n) is 4.49. The van der Waals surface area contributed by atoms with Crippen molar-refractivity contribution in [2.75, 3.05) is 6.61 Å². The van der Waals surface area contributed by atoms with Gasteiger partial charge in [0.15, 0.2) is 5.92 Å². The Morgan fingerprint density at radius 1 is 1.36 bits per heavy atom. The molecular formula is C17H16N2O3. The molecule has 0 fully saturated rings. The molecule has 0 radical (unpaired) electrons. The number of esters is 1. The molecule has 2 atom stereocenters. The summed E-state index contributed by atoms with van der Waals surface area (Å²) in [6.07, 6.45) is 2.88. The molecule has 0 aliphatic carbocycles. The van der Waals surface area contributed by atoms with E-state index in [1.165, 1.54) is 6.21 Å². The first kappa shape index (κ1) is 15.5. The number of furan rings is 1. The van der Waals surface area contributed by atoms with Crippen LogP contribution in [0.1, 0.15) is 24.3 Å². The molecule has 0 aliphatic rings. The van der Waals surface area contributed by atoms with Crippen LogP contribution < -0.4 is 0 Å². The lowest BCUT2D eigenvalue weighted by Crippen LogP contribution is -2.17. The monoisotopic (exact) mass is 296 g/mol. The van der Waals surface area contributed by atoms with Crippen molar-refractivity contribution in [3.63, 3.8) is 0 Å². The van der Waals surface area contributed by atoms with Gasteiger partial charge in [0.25, 0.3) is 0 Å². The summed E-state index contributed by atoms with van der Waals surface area (Å²) in [5.74, 6) is -0.982. The van der Waals surface area contributed by atoms with Crippen LogP contribution in [0.3, 0.4) is 0 Å². The maximum absolute atomic E-state index is 11.7. The van der Waals surface area contributed by atoms with Gasteiger partial charge in [0.1, 0.15) is 11.8 Å². The molecular weight excluding hydrogens is 280 g/mol. The summed E-state index contributed by atoms with van der Waals surface area (Å²) < 4.78 is 10.3. The molecule has 0 aliphatic heterocycles. The quantitative estimate of drug-likeness (QED) is 0.606. The van der Waals surface area contributed by atoms with Crippen molar-refractivity contribution in [2.24, 2.45) is 10.9 Å². The molecule has 2 aromatic rings. The molecule has 1 aromatic carbocycles. The van der Waals surface area contributed by atoms with Gasteiger partial charge in [0, 0.05) is 6.21 Å². The summed E-state index contributed by atoms with van der Waals surface area (Å²) >= 11 is 0. The first-order chi connectivity index (χ1) is 10.8. The Kier molecular flexibility index (Phi) is 5.50. The van der Waals surface area contributed by atoms with Crippen LogP contribution in [0, 0.1) is 17.2 Å². The number of hydrogen-bond acceptors (Lipinski definition) is 5. The molecule has 0 saturated heterocycles. The maximum atomic E-state index is 11.7. The van der Waals surface area contributed by atoms with Crippen LogP contribution in [0.2, 0.25) is 0 Å². The Morgan fingerprint density at radius 2 is 2.14 bits per heavy atom. The third kappa shape index (κ3) is 3.83. The van der Waals surface area contributed by atoms with Crippen LogP contribution in [0.4, 0.5) is 0 Å². The largest absolute Gasteiger partial charge is 0.467 e. The van der Waals surface area contributed by atoms with E-state index in [9.17, 15) is 4.79 Å². The fraction of sp³-hybridized carbons (Fsp3) is 0.235. The van der Waals surface area contributed by atoms with Gasteiger partial charge < -0.3 is 9.15 Å². The first-order valence-electron chi connectivity index (χ1n) is 6.94. The number of ether oxygens (including phenoxy) is 1. The summed E-state index contributed by atoms with van der Waals surface area (Å²) in [7, 11) is 0. The van der Waals surface area contributed by atoms with Gasteiger partial charge in [-0.25, -0.2) is 0 Å². The van der Waals surface area contributed by atoms with Gasteiger partial charge in [-0.2, -0.15) is 5.26 Å². The van der Waals surface area contributed by atoms with Crippen LogP contribution >= 0.6 is 0 Å². The van der Waals surface area contributed by atoms with Crippen LogP contribution in [-0.2, 0) is 9.53 Å². The summed E-state index contributed by atoms with van der Waals surface area (Å²) in [6, 6.07) is 14.6. The van der Waals surface area contributed by atoms with Crippen LogP contribution in [0.5, 0.6) is 0 Å². The van der Waals surface area contributed by atoms with Crippen molar-refractivity contribution in [1.29, 1.82) is 5.26 Å². The highest BCUT2D eigenvalue weighted by atomic mass is 16.5. The van der Waals surface area contributed by atoms with Gasteiger partial charge in [-0.3, -0.25) is 9.79 Å². The Labute approximate surface area is 128 Å². The molecule has 22 heavy (non-hydrogen) atoms. The fourth-order valence-corrected chi connectivity index (χ4v) is 1.96. The number of nitriles is 1. The minimum atomic E-state index is -1.03. The Bertz CT molecular complexity index is 657. The standard InChI is InChI=1S/C17H16N2O3/c1-2-21-17(20)14(11-18)12-19-16(15-9-6-10-22-15)13-7-4-3-5-8-13/h3-10,12,14,16H,2H2,1H3/t14-,16+/m1/s1.